The maximum absolute atomic E-state index is 12.3. The topological polar surface area (TPSA) is 80.9 Å². The van der Waals surface area contributed by atoms with Gasteiger partial charge in [0, 0.05) is 26.2 Å². The fourth-order valence-corrected chi connectivity index (χ4v) is 2.98. The van der Waals surface area contributed by atoms with Gasteiger partial charge in [0.25, 0.3) is 0 Å². The molecule has 0 aliphatic carbocycles. The molecular formula is C21H28N4O3. The van der Waals surface area contributed by atoms with Crippen LogP contribution in [0, 0.1) is 0 Å². The third kappa shape index (κ3) is 5.28. The first-order valence-electron chi connectivity index (χ1n) is 9.47. The fraction of sp³-hybridized carbons (Fsp3) is 0.429. The Labute approximate surface area is 166 Å². The predicted molar refractivity (Wildman–Crippen MR) is 109 cm³/mol. The molecule has 2 N–H and O–H groups in total. The summed E-state index contributed by atoms with van der Waals surface area (Å²) in [5.41, 5.74) is 7.96. The zero-order valence-corrected chi connectivity index (χ0v) is 16.7. The maximum Gasteiger partial charge on any atom is 0.410 e. The number of hydrogen-bond acceptors (Lipinski definition) is 6. The van der Waals surface area contributed by atoms with Crippen molar-refractivity contribution in [3.63, 3.8) is 0 Å². The Kier molecular flexibility index (Phi) is 5.92. The number of pyridine rings is 1. The number of benzene rings is 1. The van der Waals surface area contributed by atoms with Gasteiger partial charge in [0.15, 0.2) is 0 Å². The van der Waals surface area contributed by atoms with Gasteiger partial charge in [0.2, 0.25) is 5.88 Å². The Morgan fingerprint density at radius 1 is 1.14 bits per heavy atom. The number of piperazine rings is 1. The van der Waals surface area contributed by atoms with E-state index in [0.29, 0.717) is 44.4 Å². The van der Waals surface area contributed by atoms with Gasteiger partial charge < -0.3 is 25.0 Å². The highest BCUT2D eigenvalue weighted by Crippen LogP contribution is 2.29. The third-order valence-electron chi connectivity index (χ3n) is 4.34. The number of hydrogen-bond donors (Lipinski definition) is 1. The lowest BCUT2D eigenvalue weighted by Crippen LogP contribution is -2.50. The van der Waals surface area contributed by atoms with Crippen LogP contribution >= 0.6 is 0 Å². The summed E-state index contributed by atoms with van der Waals surface area (Å²) in [7, 11) is 0. The van der Waals surface area contributed by atoms with E-state index in [1.165, 1.54) is 0 Å². The highest BCUT2D eigenvalue weighted by Gasteiger charge is 2.27. The zero-order chi connectivity index (χ0) is 20.1. The van der Waals surface area contributed by atoms with Crippen LogP contribution < -0.4 is 15.4 Å². The minimum atomic E-state index is -0.496. The van der Waals surface area contributed by atoms with E-state index in [9.17, 15) is 4.79 Å². The van der Waals surface area contributed by atoms with Crippen molar-refractivity contribution in [3.8, 4) is 5.88 Å². The van der Waals surface area contributed by atoms with Gasteiger partial charge in [0.05, 0.1) is 11.9 Å². The standard InChI is InChI=1S/C21H28N4O3/c1-21(2,3)28-20(26)25-11-9-24(10-12-25)18-13-17(22)14-23-19(18)27-15-16-7-5-4-6-8-16/h4-8,13-14H,9-12,15,22H2,1-3H3. The van der Waals surface area contributed by atoms with Crippen molar-refractivity contribution in [2.24, 2.45) is 0 Å². The molecule has 28 heavy (non-hydrogen) atoms. The highest BCUT2D eigenvalue weighted by atomic mass is 16.6. The summed E-state index contributed by atoms with van der Waals surface area (Å²) in [6.07, 6.45) is 1.32. The quantitative estimate of drug-likeness (QED) is 0.871. The molecule has 1 aliphatic rings. The molecule has 0 atom stereocenters. The summed E-state index contributed by atoms with van der Waals surface area (Å²) in [5.74, 6) is 0.545. The molecule has 2 aromatic rings. The Morgan fingerprint density at radius 3 is 2.46 bits per heavy atom. The monoisotopic (exact) mass is 384 g/mol. The van der Waals surface area contributed by atoms with Crippen LogP contribution in [0.25, 0.3) is 0 Å². The van der Waals surface area contributed by atoms with Crippen molar-refractivity contribution in [1.82, 2.24) is 9.88 Å². The molecule has 3 rings (SSSR count). The summed E-state index contributed by atoms with van der Waals surface area (Å²) < 4.78 is 11.4. The smallest absolute Gasteiger partial charge is 0.410 e. The van der Waals surface area contributed by atoms with Crippen LogP contribution in [-0.4, -0.2) is 47.8 Å². The molecule has 150 valence electrons. The van der Waals surface area contributed by atoms with E-state index in [0.717, 1.165) is 11.3 Å². The predicted octanol–water partition coefficient (Wildman–Crippen LogP) is 3.30. The Balaban J connectivity index is 1.65. The van der Waals surface area contributed by atoms with Crippen molar-refractivity contribution < 1.29 is 14.3 Å². The molecule has 7 nitrogen and oxygen atoms in total. The first kappa shape index (κ1) is 19.8. The van der Waals surface area contributed by atoms with Crippen LogP contribution in [0.15, 0.2) is 42.6 Å². The lowest BCUT2D eigenvalue weighted by atomic mass is 10.2. The second kappa shape index (κ2) is 8.37. The van der Waals surface area contributed by atoms with Crippen LogP contribution in [0.2, 0.25) is 0 Å². The number of anilines is 2. The lowest BCUT2D eigenvalue weighted by Gasteiger charge is -2.37. The molecule has 0 spiro atoms. The van der Waals surface area contributed by atoms with Gasteiger partial charge in [-0.1, -0.05) is 30.3 Å². The zero-order valence-electron chi connectivity index (χ0n) is 16.7. The number of aromatic nitrogens is 1. The molecule has 0 saturated carbocycles. The van der Waals surface area contributed by atoms with Gasteiger partial charge in [-0.3, -0.25) is 0 Å². The van der Waals surface area contributed by atoms with E-state index < -0.39 is 5.60 Å². The van der Waals surface area contributed by atoms with Crippen molar-refractivity contribution in [3.05, 3.63) is 48.2 Å². The summed E-state index contributed by atoms with van der Waals surface area (Å²) in [4.78, 5) is 20.5. The van der Waals surface area contributed by atoms with E-state index >= 15 is 0 Å². The summed E-state index contributed by atoms with van der Waals surface area (Å²) in [6.45, 7) is 8.51. The fourth-order valence-electron chi connectivity index (χ4n) is 2.98. The molecule has 0 bridgehead atoms. The van der Waals surface area contributed by atoms with E-state index in [1.807, 2.05) is 57.2 Å². The van der Waals surface area contributed by atoms with Crippen LogP contribution in [0.3, 0.4) is 0 Å². The Bertz CT molecular complexity index is 797. The molecular weight excluding hydrogens is 356 g/mol. The van der Waals surface area contributed by atoms with Gasteiger partial charge in [-0.25, -0.2) is 9.78 Å². The number of rotatable bonds is 4. The van der Waals surface area contributed by atoms with Crippen molar-refractivity contribution in [2.45, 2.75) is 33.0 Å². The first-order valence-corrected chi connectivity index (χ1v) is 9.47. The molecule has 7 heteroatoms. The number of carbonyl (C=O) groups excluding carboxylic acids is 1. The average Bonchev–Trinajstić information content (AvgIpc) is 2.66. The number of ether oxygens (including phenoxy) is 2. The maximum atomic E-state index is 12.3. The number of carbonyl (C=O) groups is 1. The first-order chi connectivity index (χ1) is 13.3. The Hall–Kier alpha value is -2.96. The van der Waals surface area contributed by atoms with Crippen LogP contribution in [0.1, 0.15) is 26.3 Å². The molecule has 2 heterocycles. The second-order valence-electron chi connectivity index (χ2n) is 7.82. The van der Waals surface area contributed by atoms with Gasteiger partial charge in [-0.2, -0.15) is 0 Å². The third-order valence-corrected chi connectivity index (χ3v) is 4.34. The van der Waals surface area contributed by atoms with Crippen molar-refractivity contribution in [2.75, 3.05) is 36.8 Å². The van der Waals surface area contributed by atoms with Gasteiger partial charge in [-0.15, -0.1) is 0 Å². The average molecular weight is 384 g/mol. The molecule has 1 amide bonds. The molecule has 1 aromatic heterocycles. The van der Waals surface area contributed by atoms with Crippen molar-refractivity contribution in [1.29, 1.82) is 0 Å². The van der Waals surface area contributed by atoms with E-state index in [4.69, 9.17) is 15.2 Å². The summed E-state index contributed by atoms with van der Waals surface area (Å²) in [6, 6.07) is 11.8. The lowest BCUT2D eigenvalue weighted by molar-refractivity contribution is 0.0240. The van der Waals surface area contributed by atoms with Gasteiger partial charge in [0.1, 0.15) is 17.9 Å². The normalized spacial score (nSPS) is 14.7. The van der Waals surface area contributed by atoms with E-state index in [1.54, 1.807) is 11.1 Å². The van der Waals surface area contributed by atoms with E-state index in [-0.39, 0.29) is 6.09 Å². The number of nitrogens with zero attached hydrogens (tertiary/aromatic N) is 3. The van der Waals surface area contributed by atoms with Crippen molar-refractivity contribution >= 4 is 17.5 Å². The molecule has 1 aliphatic heterocycles. The second-order valence-corrected chi connectivity index (χ2v) is 7.82. The largest absolute Gasteiger partial charge is 0.471 e. The summed E-state index contributed by atoms with van der Waals surface area (Å²) >= 11 is 0. The molecule has 0 radical (unpaired) electrons. The molecule has 1 saturated heterocycles. The minimum Gasteiger partial charge on any atom is -0.471 e. The number of amides is 1. The summed E-state index contributed by atoms with van der Waals surface area (Å²) in [5, 5.41) is 0. The van der Waals surface area contributed by atoms with Crippen LogP contribution in [0.4, 0.5) is 16.2 Å². The van der Waals surface area contributed by atoms with Crippen LogP contribution in [0.5, 0.6) is 5.88 Å². The van der Waals surface area contributed by atoms with E-state index in [2.05, 4.69) is 9.88 Å². The SMILES string of the molecule is CC(C)(C)OC(=O)N1CCN(c2cc(N)cnc2OCc2ccccc2)CC1. The number of nitrogens with two attached hydrogens (primary N) is 1. The minimum absolute atomic E-state index is 0.279. The molecule has 0 unspecified atom stereocenters. The van der Waals surface area contributed by atoms with Gasteiger partial charge >= 0.3 is 6.09 Å². The highest BCUT2D eigenvalue weighted by molar-refractivity contribution is 5.69. The Morgan fingerprint density at radius 2 is 1.82 bits per heavy atom. The molecule has 1 aromatic carbocycles. The molecule has 1 fully saturated rings. The number of nitrogen functional groups attached to an aromatic ring is 1. The van der Waals surface area contributed by atoms with Crippen LogP contribution in [-0.2, 0) is 11.3 Å². The van der Waals surface area contributed by atoms with Gasteiger partial charge in [-0.05, 0) is 32.4 Å².